The fraction of sp³-hybridized carbons (Fsp3) is 0.562. The molecule has 1 fully saturated rings. The third-order valence-corrected chi connectivity index (χ3v) is 4.12. The fourth-order valence-electron chi connectivity index (χ4n) is 2.73. The number of carboxylic acids is 1. The van der Waals surface area contributed by atoms with Gasteiger partial charge in [0, 0.05) is 0 Å². The second-order valence-electron chi connectivity index (χ2n) is 5.55. The van der Waals surface area contributed by atoms with Gasteiger partial charge in [-0.25, -0.2) is 0 Å². The van der Waals surface area contributed by atoms with E-state index in [9.17, 15) is 9.90 Å². The van der Waals surface area contributed by atoms with Crippen LogP contribution in [0.2, 0.25) is 0 Å². The molecule has 3 nitrogen and oxygen atoms in total. The summed E-state index contributed by atoms with van der Waals surface area (Å²) < 4.78 is 0. The van der Waals surface area contributed by atoms with Gasteiger partial charge in [-0.15, -0.1) is 0 Å². The van der Waals surface area contributed by atoms with Crippen molar-refractivity contribution in [3.05, 3.63) is 35.4 Å². The molecule has 0 aromatic heterocycles. The van der Waals surface area contributed by atoms with Gasteiger partial charge in [0.1, 0.15) is 6.04 Å². The third kappa shape index (κ3) is 3.35. The van der Waals surface area contributed by atoms with Crippen LogP contribution in [0.1, 0.15) is 43.9 Å². The molecule has 1 saturated heterocycles. The highest BCUT2D eigenvalue weighted by atomic mass is 16.4. The summed E-state index contributed by atoms with van der Waals surface area (Å²) >= 11 is 0. The van der Waals surface area contributed by atoms with Crippen LogP contribution in [0.5, 0.6) is 0 Å². The van der Waals surface area contributed by atoms with Gasteiger partial charge < -0.3 is 5.11 Å². The molecule has 1 heterocycles. The molecular formula is C16H23NO2. The van der Waals surface area contributed by atoms with Crippen molar-refractivity contribution in [2.75, 3.05) is 13.1 Å². The standard InChI is InChI=1S/C16H23NO2/c1-3-13-4-6-14(7-5-13)15(16(18)19)17-10-8-12(2)9-11-17/h4-7,12,15H,3,8-11H2,1-2H3,(H,18,19). The van der Waals surface area contributed by atoms with Gasteiger partial charge in [-0.2, -0.15) is 0 Å². The Bertz CT molecular complexity index is 419. The summed E-state index contributed by atoms with van der Waals surface area (Å²) in [5.74, 6) is -0.0213. The summed E-state index contributed by atoms with van der Waals surface area (Å²) in [5, 5.41) is 9.53. The maximum absolute atomic E-state index is 11.6. The average molecular weight is 261 g/mol. The molecule has 1 aliphatic rings. The van der Waals surface area contributed by atoms with Crippen LogP contribution in [0, 0.1) is 5.92 Å². The molecule has 1 aromatic carbocycles. The van der Waals surface area contributed by atoms with Crippen LogP contribution in [0.4, 0.5) is 0 Å². The number of rotatable bonds is 4. The Kier molecular flexibility index (Phi) is 4.59. The SMILES string of the molecule is CCc1ccc(C(C(=O)O)N2CCC(C)CC2)cc1. The highest BCUT2D eigenvalue weighted by molar-refractivity contribution is 5.75. The topological polar surface area (TPSA) is 40.5 Å². The maximum Gasteiger partial charge on any atom is 0.325 e. The normalized spacial score (nSPS) is 19.3. The molecule has 1 N–H and O–H groups in total. The Morgan fingerprint density at radius 3 is 2.37 bits per heavy atom. The minimum atomic E-state index is -0.737. The molecule has 19 heavy (non-hydrogen) atoms. The molecule has 3 heteroatoms. The molecule has 0 radical (unpaired) electrons. The molecule has 0 saturated carbocycles. The largest absolute Gasteiger partial charge is 0.480 e. The van der Waals surface area contributed by atoms with Crippen molar-refractivity contribution in [3.8, 4) is 0 Å². The number of carboxylic acid groups (broad SMARTS) is 1. The zero-order valence-corrected chi connectivity index (χ0v) is 11.8. The number of aryl methyl sites for hydroxylation is 1. The van der Waals surface area contributed by atoms with Gasteiger partial charge in [-0.1, -0.05) is 38.1 Å². The van der Waals surface area contributed by atoms with Gasteiger partial charge in [0.2, 0.25) is 0 Å². The zero-order chi connectivity index (χ0) is 13.8. The van der Waals surface area contributed by atoms with Gasteiger partial charge in [-0.3, -0.25) is 9.69 Å². The second kappa shape index (κ2) is 6.20. The van der Waals surface area contributed by atoms with Crippen molar-refractivity contribution in [1.82, 2.24) is 4.90 Å². The number of carbonyl (C=O) groups is 1. The molecule has 1 atom stereocenters. The quantitative estimate of drug-likeness (QED) is 0.905. The molecule has 0 bridgehead atoms. The van der Waals surface area contributed by atoms with Crippen molar-refractivity contribution in [1.29, 1.82) is 0 Å². The van der Waals surface area contributed by atoms with Crippen LogP contribution >= 0.6 is 0 Å². The van der Waals surface area contributed by atoms with Crippen molar-refractivity contribution >= 4 is 5.97 Å². The molecule has 2 rings (SSSR count). The van der Waals surface area contributed by atoms with E-state index in [-0.39, 0.29) is 0 Å². The van der Waals surface area contributed by atoms with Gasteiger partial charge in [0.05, 0.1) is 0 Å². The Morgan fingerprint density at radius 2 is 1.89 bits per heavy atom. The summed E-state index contributed by atoms with van der Waals surface area (Å²) in [6.07, 6.45) is 3.17. The first-order valence-electron chi connectivity index (χ1n) is 7.17. The lowest BCUT2D eigenvalue weighted by Gasteiger charge is -2.34. The molecular weight excluding hydrogens is 238 g/mol. The van der Waals surface area contributed by atoms with Crippen LogP contribution in [0.25, 0.3) is 0 Å². The number of hydrogen-bond donors (Lipinski definition) is 1. The van der Waals surface area contributed by atoms with Gasteiger partial charge >= 0.3 is 5.97 Å². The van der Waals surface area contributed by atoms with Gasteiger partial charge in [0.25, 0.3) is 0 Å². The Hall–Kier alpha value is -1.35. The number of benzene rings is 1. The van der Waals surface area contributed by atoms with Gasteiger partial charge in [-0.05, 0) is 49.4 Å². The third-order valence-electron chi connectivity index (χ3n) is 4.12. The summed E-state index contributed by atoms with van der Waals surface area (Å²) in [6.45, 7) is 6.11. The number of likely N-dealkylation sites (tertiary alicyclic amines) is 1. The van der Waals surface area contributed by atoms with E-state index in [1.807, 2.05) is 24.3 Å². The summed E-state index contributed by atoms with van der Waals surface area (Å²) in [5.41, 5.74) is 2.15. The maximum atomic E-state index is 11.6. The highest BCUT2D eigenvalue weighted by Crippen LogP contribution is 2.27. The summed E-state index contributed by atoms with van der Waals surface area (Å²) in [7, 11) is 0. The van der Waals surface area contributed by atoms with E-state index < -0.39 is 12.0 Å². The summed E-state index contributed by atoms with van der Waals surface area (Å²) in [6, 6.07) is 7.53. The van der Waals surface area contributed by atoms with Crippen LogP contribution in [0.3, 0.4) is 0 Å². The molecule has 1 aromatic rings. The molecule has 1 aliphatic heterocycles. The number of aliphatic carboxylic acids is 1. The van der Waals surface area contributed by atoms with E-state index in [0.29, 0.717) is 5.92 Å². The molecule has 0 amide bonds. The summed E-state index contributed by atoms with van der Waals surface area (Å²) in [4.78, 5) is 13.7. The smallest absolute Gasteiger partial charge is 0.325 e. The van der Waals surface area contributed by atoms with Crippen molar-refractivity contribution in [2.45, 2.75) is 39.2 Å². The second-order valence-corrected chi connectivity index (χ2v) is 5.55. The fourth-order valence-corrected chi connectivity index (χ4v) is 2.73. The Labute approximate surface area is 115 Å². The van der Waals surface area contributed by atoms with Crippen LogP contribution in [-0.4, -0.2) is 29.1 Å². The number of piperidine rings is 1. The Morgan fingerprint density at radius 1 is 1.32 bits per heavy atom. The van der Waals surface area contributed by atoms with E-state index in [4.69, 9.17) is 0 Å². The molecule has 1 unspecified atom stereocenters. The Balaban J connectivity index is 2.17. The van der Waals surface area contributed by atoms with Crippen LogP contribution in [-0.2, 0) is 11.2 Å². The van der Waals surface area contributed by atoms with E-state index >= 15 is 0 Å². The first-order valence-corrected chi connectivity index (χ1v) is 7.17. The van der Waals surface area contributed by atoms with E-state index in [1.54, 1.807) is 0 Å². The van der Waals surface area contributed by atoms with Crippen molar-refractivity contribution < 1.29 is 9.90 Å². The first-order chi connectivity index (χ1) is 9.11. The van der Waals surface area contributed by atoms with Crippen LogP contribution in [0.15, 0.2) is 24.3 Å². The van der Waals surface area contributed by atoms with E-state index in [1.165, 1.54) is 5.56 Å². The van der Waals surface area contributed by atoms with Crippen molar-refractivity contribution in [2.24, 2.45) is 5.92 Å². The van der Waals surface area contributed by atoms with E-state index in [0.717, 1.165) is 37.9 Å². The first kappa shape index (κ1) is 14.1. The number of nitrogens with zero attached hydrogens (tertiary/aromatic N) is 1. The predicted molar refractivity (Wildman–Crippen MR) is 76.2 cm³/mol. The lowest BCUT2D eigenvalue weighted by atomic mass is 9.95. The minimum Gasteiger partial charge on any atom is -0.480 e. The monoisotopic (exact) mass is 261 g/mol. The van der Waals surface area contributed by atoms with E-state index in [2.05, 4.69) is 18.7 Å². The predicted octanol–water partition coefficient (Wildman–Crippen LogP) is 3.11. The average Bonchev–Trinajstić information content (AvgIpc) is 2.42. The zero-order valence-electron chi connectivity index (χ0n) is 11.8. The van der Waals surface area contributed by atoms with Crippen molar-refractivity contribution in [3.63, 3.8) is 0 Å². The number of hydrogen-bond acceptors (Lipinski definition) is 2. The lowest BCUT2D eigenvalue weighted by Crippen LogP contribution is -2.39. The van der Waals surface area contributed by atoms with Crippen LogP contribution < -0.4 is 0 Å². The highest BCUT2D eigenvalue weighted by Gasteiger charge is 2.29. The molecule has 0 aliphatic carbocycles. The molecule has 104 valence electrons. The minimum absolute atomic E-state index is 0.488. The van der Waals surface area contributed by atoms with Gasteiger partial charge in [0.15, 0.2) is 0 Å². The lowest BCUT2D eigenvalue weighted by molar-refractivity contribution is -0.144. The molecule has 0 spiro atoms.